The molecular weight excluding hydrogens is 412 g/mol. The Morgan fingerprint density at radius 2 is 1.76 bits per heavy atom. The molecule has 2 aromatic carbocycles. The second-order valence-corrected chi connectivity index (χ2v) is 9.42. The number of hydrogen-bond acceptors (Lipinski definition) is 4. The number of amides is 1. The van der Waals surface area contributed by atoms with Crippen LogP contribution in [-0.4, -0.2) is 41.8 Å². The maximum Gasteiger partial charge on any atom is 0.272 e. The van der Waals surface area contributed by atoms with Gasteiger partial charge in [-0.05, 0) is 64.3 Å². The summed E-state index contributed by atoms with van der Waals surface area (Å²) in [5.74, 6) is 0.633. The number of nitrogens with zero attached hydrogens (tertiary/aromatic N) is 2. The molecule has 0 spiro atoms. The number of rotatable bonds is 8. The molecular formula is C27H36N4O2. The molecule has 2 heterocycles. The van der Waals surface area contributed by atoms with Crippen molar-refractivity contribution in [2.24, 2.45) is 5.73 Å². The molecule has 0 aliphatic carbocycles. The minimum absolute atomic E-state index is 0.0188. The summed E-state index contributed by atoms with van der Waals surface area (Å²) in [4.78, 5) is 18.0. The topological polar surface area (TPSA) is 82.7 Å². The van der Waals surface area contributed by atoms with E-state index < -0.39 is 6.10 Å². The third-order valence-corrected chi connectivity index (χ3v) is 7.07. The average Bonchev–Trinajstić information content (AvgIpc) is 2.81. The number of nitrogen functional groups attached to an aromatic ring is 1. The van der Waals surface area contributed by atoms with E-state index in [1.165, 1.54) is 19.3 Å². The smallest absolute Gasteiger partial charge is 0.272 e. The zero-order valence-corrected chi connectivity index (χ0v) is 19.8. The zero-order chi connectivity index (χ0) is 23.4. The van der Waals surface area contributed by atoms with Crippen molar-refractivity contribution in [3.63, 3.8) is 0 Å². The van der Waals surface area contributed by atoms with E-state index in [2.05, 4.69) is 18.7 Å². The van der Waals surface area contributed by atoms with Crippen LogP contribution in [0.5, 0.6) is 5.75 Å². The second kappa shape index (κ2) is 10.4. The third-order valence-electron chi connectivity index (χ3n) is 7.07. The predicted molar refractivity (Wildman–Crippen MR) is 133 cm³/mol. The normalized spacial score (nSPS) is 23.2. The monoisotopic (exact) mass is 448 g/mol. The fourth-order valence-electron chi connectivity index (χ4n) is 5.18. The lowest BCUT2D eigenvalue weighted by atomic mass is 9.97. The van der Waals surface area contributed by atoms with Gasteiger partial charge in [0.25, 0.3) is 5.91 Å². The van der Waals surface area contributed by atoms with Gasteiger partial charge in [-0.15, -0.1) is 0 Å². The number of para-hydroxylation sites is 2. The lowest BCUT2D eigenvalue weighted by molar-refractivity contribution is -0.126. The lowest BCUT2D eigenvalue weighted by Crippen LogP contribution is -2.44. The number of unbranched alkanes of at least 4 members (excludes halogenated alkanes) is 2. The van der Waals surface area contributed by atoms with E-state index in [1.807, 2.05) is 41.3 Å². The number of fused-ring (bicyclic) bond motifs is 1. The SMILES string of the molecule is C[C@@H]1CCC[C@H](C)N1CCCCCN1C(=O)[C@H](c2cccc(C(=N)N)c2)Oc2ccccc21. The van der Waals surface area contributed by atoms with Crippen LogP contribution in [0.1, 0.15) is 69.6 Å². The number of piperidine rings is 1. The van der Waals surface area contributed by atoms with Crippen molar-refractivity contribution in [2.75, 3.05) is 18.0 Å². The molecule has 2 aromatic rings. The molecule has 0 aromatic heterocycles. The molecule has 2 aliphatic rings. The number of carbonyl (C=O) groups excluding carboxylic acids is 1. The van der Waals surface area contributed by atoms with E-state index in [0.717, 1.165) is 37.1 Å². The van der Waals surface area contributed by atoms with Crippen LogP contribution in [0.3, 0.4) is 0 Å². The van der Waals surface area contributed by atoms with Gasteiger partial charge >= 0.3 is 0 Å². The van der Waals surface area contributed by atoms with E-state index in [4.69, 9.17) is 15.9 Å². The van der Waals surface area contributed by atoms with Gasteiger partial charge in [0.15, 0.2) is 0 Å². The Morgan fingerprint density at radius 3 is 2.52 bits per heavy atom. The highest BCUT2D eigenvalue weighted by molar-refractivity contribution is 6.01. The van der Waals surface area contributed by atoms with Crippen LogP contribution in [-0.2, 0) is 4.79 Å². The van der Waals surface area contributed by atoms with Crippen LogP contribution < -0.4 is 15.4 Å². The number of nitrogens with one attached hydrogen (secondary N) is 1. The Hall–Kier alpha value is -2.86. The first-order valence-corrected chi connectivity index (χ1v) is 12.2. The van der Waals surface area contributed by atoms with E-state index >= 15 is 0 Å². The first-order chi connectivity index (χ1) is 16.0. The Bertz CT molecular complexity index is 982. The molecule has 6 heteroatoms. The molecule has 33 heavy (non-hydrogen) atoms. The number of carbonyl (C=O) groups is 1. The third kappa shape index (κ3) is 5.22. The molecule has 4 rings (SSSR count). The molecule has 1 amide bonds. The Balaban J connectivity index is 1.42. The van der Waals surface area contributed by atoms with Crippen LogP contribution in [0.25, 0.3) is 0 Å². The van der Waals surface area contributed by atoms with Crippen molar-refractivity contribution in [1.29, 1.82) is 5.41 Å². The lowest BCUT2D eigenvalue weighted by Gasteiger charge is -2.39. The molecule has 2 aliphatic heterocycles. The Labute approximate surface area is 197 Å². The number of nitrogens with two attached hydrogens (primary N) is 1. The standard InChI is InChI=1S/C27H36N4O2/c1-19-10-8-11-20(2)30(19)16-6-3-7-17-31-23-14-4-5-15-24(23)33-25(27(31)32)21-12-9-13-22(18-21)26(28)29/h4-5,9,12-15,18-20,25H,3,6-8,10-11,16-17H2,1-2H3,(H3,28,29)/t19-,20+,25-/m0/s1. The summed E-state index contributed by atoms with van der Waals surface area (Å²) in [6, 6.07) is 16.3. The highest BCUT2D eigenvalue weighted by Gasteiger charge is 2.35. The van der Waals surface area contributed by atoms with Gasteiger partial charge < -0.3 is 15.4 Å². The molecule has 6 nitrogen and oxygen atoms in total. The van der Waals surface area contributed by atoms with Crippen molar-refractivity contribution < 1.29 is 9.53 Å². The second-order valence-electron chi connectivity index (χ2n) is 9.42. The first kappa shape index (κ1) is 23.3. The molecule has 0 saturated carbocycles. The molecule has 0 bridgehead atoms. The number of ether oxygens (including phenoxy) is 1. The van der Waals surface area contributed by atoms with Crippen LogP contribution in [0, 0.1) is 5.41 Å². The summed E-state index contributed by atoms with van der Waals surface area (Å²) in [5.41, 5.74) is 7.81. The van der Waals surface area contributed by atoms with Gasteiger partial charge in [0.05, 0.1) is 5.69 Å². The molecule has 0 unspecified atom stereocenters. The minimum Gasteiger partial charge on any atom is -0.474 e. The number of benzene rings is 2. The summed E-state index contributed by atoms with van der Waals surface area (Å²) >= 11 is 0. The van der Waals surface area contributed by atoms with Crippen molar-refractivity contribution in [1.82, 2.24) is 4.90 Å². The van der Waals surface area contributed by atoms with Gasteiger partial charge in [-0.1, -0.05) is 43.2 Å². The van der Waals surface area contributed by atoms with Crippen molar-refractivity contribution in [3.8, 4) is 5.75 Å². The Morgan fingerprint density at radius 1 is 1.03 bits per heavy atom. The number of anilines is 1. The maximum absolute atomic E-state index is 13.5. The highest BCUT2D eigenvalue weighted by Crippen LogP contribution is 2.39. The zero-order valence-electron chi connectivity index (χ0n) is 19.8. The predicted octanol–water partition coefficient (Wildman–Crippen LogP) is 4.87. The maximum atomic E-state index is 13.5. The first-order valence-electron chi connectivity index (χ1n) is 12.2. The summed E-state index contributed by atoms with van der Waals surface area (Å²) in [7, 11) is 0. The van der Waals surface area contributed by atoms with Gasteiger partial charge in [-0.25, -0.2) is 0 Å². The fourth-order valence-corrected chi connectivity index (χ4v) is 5.18. The number of amidine groups is 1. The molecule has 1 saturated heterocycles. The van der Waals surface area contributed by atoms with Crippen molar-refractivity contribution in [2.45, 2.75) is 70.6 Å². The summed E-state index contributed by atoms with van der Waals surface area (Å²) in [6.07, 6.45) is 6.41. The van der Waals surface area contributed by atoms with Gasteiger partial charge in [0, 0.05) is 29.8 Å². The van der Waals surface area contributed by atoms with Crippen molar-refractivity contribution >= 4 is 17.4 Å². The van der Waals surface area contributed by atoms with Crippen LogP contribution in [0.15, 0.2) is 48.5 Å². The molecule has 1 fully saturated rings. The van der Waals surface area contributed by atoms with E-state index in [-0.39, 0.29) is 11.7 Å². The number of likely N-dealkylation sites (tertiary alicyclic amines) is 1. The summed E-state index contributed by atoms with van der Waals surface area (Å²) < 4.78 is 6.12. The molecule has 0 radical (unpaired) electrons. The van der Waals surface area contributed by atoms with Gasteiger partial charge in [-0.3, -0.25) is 15.1 Å². The van der Waals surface area contributed by atoms with Gasteiger partial charge in [-0.2, -0.15) is 0 Å². The minimum atomic E-state index is -0.728. The molecule has 3 N–H and O–H groups in total. The average molecular weight is 449 g/mol. The molecule has 3 atom stereocenters. The molecule has 176 valence electrons. The van der Waals surface area contributed by atoms with Crippen LogP contribution in [0.2, 0.25) is 0 Å². The van der Waals surface area contributed by atoms with Crippen LogP contribution >= 0.6 is 0 Å². The number of hydrogen-bond donors (Lipinski definition) is 2. The van der Waals surface area contributed by atoms with Crippen molar-refractivity contribution in [3.05, 3.63) is 59.7 Å². The van der Waals surface area contributed by atoms with E-state index in [9.17, 15) is 4.79 Å². The van der Waals surface area contributed by atoms with Gasteiger partial charge in [0.2, 0.25) is 6.10 Å². The Kier molecular flexibility index (Phi) is 7.33. The van der Waals surface area contributed by atoms with E-state index in [1.54, 1.807) is 12.1 Å². The highest BCUT2D eigenvalue weighted by atomic mass is 16.5. The van der Waals surface area contributed by atoms with Gasteiger partial charge in [0.1, 0.15) is 11.6 Å². The van der Waals surface area contributed by atoms with E-state index in [0.29, 0.717) is 29.9 Å². The summed E-state index contributed by atoms with van der Waals surface area (Å²) in [5, 5.41) is 7.72. The quantitative estimate of drug-likeness (QED) is 0.343. The summed E-state index contributed by atoms with van der Waals surface area (Å²) in [6.45, 7) is 6.50. The largest absolute Gasteiger partial charge is 0.474 e. The fraction of sp³-hybridized carbons (Fsp3) is 0.481. The van der Waals surface area contributed by atoms with Crippen LogP contribution in [0.4, 0.5) is 5.69 Å².